The lowest BCUT2D eigenvalue weighted by Gasteiger charge is -2.14. The summed E-state index contributed by atoms with van der Waals surface area (Å²) in [5.74, 6) is -0.386. The van der Waals surface area contributed by atoms with E-state index in [1.165, 1.54) is 10.1 Å². The number of carbonyl (C=O) groups excluding carboxylic acids is 2. The van der Waals surface area contributed by atoms with E-state index in [1.54, 1.807) is 48.5 Å². The van der Waals surface area contributed by atoms with Gasteiger partial charge in [-0.05, 0) is 54.7 Å². The lowest BCUT2D eigenvalue weighted by molar-refractivity contribution is -0.122. The standard InChI is InChI=1S/C30H32N4O4/c1-2-18-31-27(35)20-23-14-16-24(17-15-23)34-29(37)25-12-6-7-13-26(25)33(30(34)38)21-28(36)32-19-8-11-22-9-4-3-5-10-22/h3-7,9-10,12-17H,2,8,11,18-21H2,1H3,(H,31,35)(H,32,36). The van der Waals surface area contributed by atoms with Gasteiger partial charge in [0.1, 0.15) is 6.54 Å². The molecule has 0 aliphatic rings. The molecule has 1 aromatic heterocycles. The minimum Gasteiger partial charge on any atom is -0.356 e. The van der Waals surface area contributed by atoms with Crippen LogP contribution in [-0.4, -0.2) is 34.0 Å². The summed E-state index contributed by atoms with van der Waals surface area (Å²) in [6.07, 6.45) is 2.67. The molecule has 8 heteroatoms. The zero-order valence-electron chi connectivity index (χ0n) is 21.5. The molecule has 0 fully saturated rings. The number of carbonyl (C=O) groups is 2. The summed E-state index contributed by atoms with van der Waals surface area (Å²) in [7, 11) is 0. The third-order valence-corrected chi connectivity index (χ3v) is 6.29. The molecule has 196 valence electrons. The van der Waals surface area contributed by atoms with Gasteiger partial charge in [0.05, 0.1) is 23.0 Å². The largest absolute Gasteiger partial charge is 0.356 e. The summed E-state index contributed by atoms with van der Waals surface area (Å²) < 4.78 is 2.40. The quantitative estimate of drug-likeness (QED) is 0.302. The van der Waals surface area contributed by atoms with Crippen molar-refractivity contribution in [2.24, 2.45) is 0 Å². The van der Waals surface area contributed by atoms with Gasteiger partial charge in [0.15, 0.2) is 0 Å². The molecule has 4 rings (SSSR count). The highest BCUT2D eigenvalue weighted by atomic mass is 16.2. The van der Waals surface area contributed by atoms with Crippen molar-refractivity contribution in [3.8, 4) is 5.69 Å². The van der Waals surface area contributed by atoms with Gasteiger partial charge in [-0.3, -0.25) is 19.0 Å². The Balaban J connectivity index is 1.54. The smallest absolute Gasteiger partial charge is 0.336 e. The van der Waals surface area contributed by atoms with E-state index < -0.39 is 11.2 Å². The molecule has 0 spiro atoms. The van der Waals surface area contributed by atoms with Gasteiger partial charge in [-0.1, -0.05) is 61.5 Å². The second-order valence-corrected chi connectivity index (χ2v) is 9.16. The van der Waals surface area contributed by atoms with Crippen LogP contribution in [-0.2, 0) is 29.0 Å². The van der Waals surface area contributed by atoms with E-state index in [9.17, 15) is 19.2 Å². The molecular weight excluding hydrogens is 480 g/mol. The lowest BCUT2D eigenvalue weighted by Crippen LogP contribution is -2.42. The summed E-state index contributed by atoms with van der Waals surface area (Å²) in [5.41, 5.74) is 1.69. The van der Waals surface area contributed by atoms with E-state index in [-0.39, 0.29) is 24.8 Å². The molecule has 0 radical (unpaired) electrons. The first kappa shape index (κ1) is 26.6. The average molecular weight is 513 g/mol. The van der Waals surface area contributed by atoms with Crippen LogP contribution in [0.4, 0.5) is 0 Å². The van der Waals surface area contributed by atoms with Crippen LogP contribution in [0.3, 0.4) is 0 Å². The molecule has 0 aliphatic heterocycles. The number of aryl methyl sites for hydroxylation is 1. The maximum Gasteiger partial charge on any atom is 0.336 e. The fourth-order valence-electron chi connectivity index (χ4n) is 4.34. The molecule has 0 bridgehead atoms. The number of rotatable bonds is 11. The topological polar surface area (TPSA) is 102 Å². The second-order valence-electron chi connectivity index (χ2n) is 9.16. The normalized spacial score (nSPS) is 10.9. The number of para-hydroxylation sites is 1. The fraction of sp³-hybridized carbons (Fsp3) is 0.267. The van der Waals surface area contributed by atoms with Crippen molar-refractivity contribution < 1.29 is 9.59 Å². The Bertz CT molecular complexity index is 1520. The van der Waals surface area contributed by atoms with Gasteiger partial charge in [-0.25, -0.2) is 9.36 Å². The molecule has 3 aromatic carbocycles. The maximum absolute atomic E-state index is 13.5. The Morgan fingerprint density at radius 2 is 1.45 bits per heavy atom. The Labute approximate surface area is 220 Å². The molecule has 8 nitrogen and oxygen atoms in total. The van der Waals surface area contributed by atoms with E-state index in [0.29, 0.717) is 29.7 Å². The molecule has 0 atom stereocenters. The van der Waals surface area contributed by atoms with Gasteiger partial charge in [0.2, 0.25) is 11.8 Å². The summed E-state index contributed by atoms with van der Waals surface area (Å²) in [5, 5.41) is 6.06. The summed E-state index contributed by atoms with van der Waals surface area (Å²) >= 11 is 0. The Morgan fingerprint density at radius 1 is 0.763 bits per heavy atom. The van der Waals surface area contributed by atoms with Gasteiger partial charge >= 0.3 is 5.69 Å². The van der Waals surface area contributed by atoms with Crippen molar-refractivity contribution in [3.05, 3.63) is 111 Å². The van der Waals surface area contributed by atoms with Crippen LogP contribution >= 0.6 is 0 Å². The average Bonchev–Trinajstić information content (AvgIpc) is 2.94. The molecule has 2 amide bonds. The van der Waals surface area contributed by atoms with Gasteiger partial charge in [-0.2, -0.15) is 0 Å². The fourth-order valence-corrected chi connectivity index (χ4v) is 4.34. The van der Waals surface area contributed by atoms with Crippen molar-refractivity contribution in [1.29, 1.82) is 0 Å². The minimum absolute atomic E-state index is 0.0837. The summed E-state index contributed by atoms with van der Waals surface area (Å²) in [4.78, 5) is 51.6. The van der Waals surface area contributed by atoms with Crippen LogP contribution in [0.2, 0.25) is 0 Å². The van der Waals surface area contributed by atoms with Crippen LogP contribution in [0, 0.1) is 0 Å². The Morgan fingerprint density at radius 3 is 2.18 bits per heavy atom. The highest BCUT2D eigenvalue weighted by molar-refractivity contribution is 5.82. The van der Waals surface area contributed by atoms with E-state index in [0.717, 1.165) is 29.4 Å². The summed E-state index contributed by atoms with van der Waals surface area (Å²) in [6, 6.07) is 23.6. The van der Waals surface area contributed by atoms with Crippen LogP contribution in [0.25, 0.3) is 16.6 Å². The number of nitrogens with one attached hydrogen (secondary N) is 2. The Hall–Kier alpha value is -4.46. The number of aromatic nitrogens is 2. The first-order valence-electron chi connectivity index (χ1n) is 12.9. The Kier molecular flexibility index (Phi) is 8.87. The number of fused-ring (bicyclic) bond motifs is 1. The SMILES string of the molecule is CCCNC(=O)Cc1ccc(-n2c(=O)c3ccccc3n(CC(=O)NCCCc3ccccc3)c2=O)cc1. The van der Waals surface area contributed by atoms with Crippen molar-refractivity contribution in [1.82, 2.24) is 19.8 Å². The van der Waals surface area contributed by atoms with Crippen LogP contribution in [0.1, 0.15) is 30.9 Å². The number of hydrogen-bond donors (Lipinski definition) is 2. The lowest BCUT2D eigenvalue weighted by atomic mass is 10.1. The molecule has 4 aromatic rings. The summed E-state index contributed by atoms with van der Waals surface area (Å²) in [6.45, 7) is 2.87. The first-order valence-corrected chi connectivity index (χ1v) is 12.9. The number of benzene rings is 3. The number of amides is 2. The molecule has 0 unspecified atom stereocenters. The van der Waals surface area contributed by atoms with Crippen LogP contribution < -0.4 is 21.9 Å². The highest BCUT2D eigenvalue weighted by Crippen LogP contribution is 2.12. The zero-order chi connectivity index (χ0) is 26.9. The van der Waals surface area contributed by atoms with Gasteiger partial charge in [-0.15, -0.1) is 0 Å². The van der Waals surface area contributed by atoms with Crippen molar-refractivity contribution >= 4 is 22.7 Å². The third-order valence-electron chi connectivity index (χ3n) is 6.29. The van der Waals surface area contributed by atoms with Crippen LogP contribution in [0.5, 0.6) is 0 Å². The van der Waals surface area contributed by atoms with Gasteiger partial charge < -0.3 is 10.6 Å². The minimum atomic E-state index is -0.596. The maximum atomic E-state index is 13.5. The van der Waals surface area contributed by atoms with Crippen molar-refractivity contribution in [3.63, 3.8) is 0 Å². The molecule has 38 heavy (non-hydrogen) atoms. The molecular formula is C30H32N4O4. The van der Waals surface area contributed by atoms with E-state index in [4.69, 9.17) is 0 Å². The van der Waals surface area contributed by atoms with Crippen molar-refractivity contribution in [2.45, 2.75) is 39.2 Å². The van der Waals surface area contributed by atoms with Crippen molar-refractivity contribution in [2.75, 3.05) is 13.1 Å². The van der Waals surface area contributed by atoms with Crippen LogP contribution in [0.15, 0.2) is 88.5 Å². The molecule has 2 N–H and O–H groups in total. The second kappa shape index (κ2) is 12.7. The van der Waals surface area contributed by atoms with E-state index in [2.05, 4.69) is 10.6 Å². The van der Waals surface area contributed by atoms with Gasteiger partial charge in [0, 0.05) is 13.1 Å². The molecule has 0 aliphatic carbocycles. The first-order chi connectivity index (χ1) is 18.5. The predicted molar refractivity (Wildman–Crippen MR) is 149 cm³/mol. The highest BCUT2D eigenvalue weighted by Gasteiger charge is 2.16. The predicted octanol–water partition coefficient (Wildman–Crippen LogP) is 2.97. The molecule has 0 saturated heterocycles. The van der Waals surface area contributed by atoms with E-state index in [1.807, 2.05) is 37.3 Å². The number of hydrogen-bond acceptors (Lipinski definition) is 4. The monoisotopic (exact) mass is 512 g/mol. The van der Waals surface area contributed by atoms with E-state index >= 15 is 0 Å². The zero-order valence-corrected chi connectivity index (χ0v) is 21.5. The molecule has 0 saturated carbocycles. The van der Waals surface area contributed by atoms with Gasteiger partial charge in [0.25, 0.3) is 5.56 Å². The molecule has 1 heterocycles. The number of nitrogens with zero attached hydrogens (tertiary/aromatic N) is 2. The third kappa shape index (κ3) is 6.45.